The summed E-state index contributed by atoms with van der Waals surface area (Å²) in [5.74, 6) is 0. The van der Waals surface area contributed by atoms with Gasteiger partial charge in [0, 0.05) is 17.6 Å². The van der Waals surface area contributed by atoms with E-state index in [1.165, 1.54) is 55.3 Å². The summed E-state index contributed by atoms with van der Waals surface area (Å²) in [6.45, 7) is 8.25. The molecule has 0 aromatic carbocycles. The SMILES string of the molecule is CCc1cnc(CN2CCC3(CCNCC3)C2)s1.Cl. The number of halogens is 1. The molecule has 1 aromatic heterocycles. The predicted octanol–water partition coefficient (Wildman–Crippen LogP) is 2.70. The summed E-state index contributed by atoms with van der Waals surface area (Å²) in [5.41, 5.74) is 0.621. The Labute approximate surface area is 126 Å². The van der Waals surface area contributed by atoms with Gasteiger partial charge in [-0.15, -0.1) is 23.7 Å². The molecule has 1 aromatic rings. The van der Waals surface area contributed by atoms with Gasteiger partial charge in [-0.2, -0.15) is 0 Å². The second-order valence-electron chi connectivity index (χ2n) is 5.78. The number of hydrogen-bond donors (Lipinski definition) is 1. The normalized spacial score (nSPS) is 22.6. The smallest absolute Gasteiger partial charge is 0.107 e. The Morgan fingerprint density at radius 1 is 1.37 bits per heavy atom. The van der Waals surface area contributed by atoms with Gasteiger partial charge in [0.05, 0.1) is 6.54 Å². The minimum Gasteiger partial charge on any atom is -0.317 e. The molecule has 0 radical (unpaired) electrons. The average Bonchev–Trinajstić information content (AvgIpc) is 2.99. The fourth-order valence-corrected chi connectivity index (χ4v) is 4.21. The topological polar surface area (TPSA) is 28.2 Å². The van der Waals surface area contributed by atoms with Gasteiger partial charge >= 0.3 is 0 Å². The lowest BCUT2D eigenvalue weighted by molar-refractivity contribution is 0.194. The molecular formula is C14H24ClN3S. The van der Waals surface area contributed by atoms with Crippen molar-refractivity contribution in [3.63, 3.8) is 0 Å². The zero-order valence-electron chi connectivity index (χ0n) is 11.7. The van der Waals surface area contributed by atoms with Crippen LogP contribution in [-0.2, 0) is 13.0 Å². The van der Waals surface area contributed by atoms with Crippen LogP contribution >= 0.6 is 23.7 Å². The third kappa shape index (κ3) is 3.48. The van der Waals surface area contributed by atoms with Crippen LogP contribution in [0.5, 0.6) is 0 Å². The standard InChI is InChI=1S/C14H23N3S.ClH/c1-2-12-9-16-13(18-12)10-17-8-5-14(11-17)3-6-15-7-4-14;/h9,15H,2-8,10-11H2,1H3;1H. The lowest BCUT2D eigenvalue weighted by Gasteiger charge is -2.33. The van der Waals surface area contributed by atoms with E-state index >= 15 is 0 Å². The highest BCUT2D eigenvalue weighted by Gasteiger charge is 2.38. The van der Waals surface area contributed by atoms with Crippen molar-refractivity contribution < 1.29 is 0 Å². The lowest BCUT2D eigenvalue weighted by atomic mass is 9.78. The van der Waals surface area contributed by atoms with Gasteiger partial charge < -0.3 is 5.32 Å². The molecule has 3 nitrogen and oxygen atoms in total. The first-order valence-electron chi connectivity index (χ1n) is 7.16. The van der Waals surface area contributed by atoms with Gasteiger partial charge in [-0.3, -0.25) is 4.90 Å². The number of nitrogens with zero attached hydrogens (tertiary/aromatic N) is 2. The summed E-state index contributed by atoms with van der Waals surface area (Å²) in [7, 11) is 0. The van der Waals surface area contributed by atoms with Gasteiger partial charge in [0.1, 0.15) is 5.01 Å². The second kappa shape index (κ2) is 6.53. The number of thiazole rings is 1. The molecule has 2 aliphatic rings. The van der Waals surface area contributed by atoms with Crippen LogP contribution in [0.2, 0.25) is 0 Å². The molecule has 0 atom stereocenters. The highest BCUT2D eigenvalue weighted by molar-refractivity contribution is 7.11. The van der Waals surface area contributed by atoms with Gasteiger partial charge in [0.15, 0.2) is 0 Å². The van der Waals surface area contributed by atoms with Crippen LogP contribution in [0, 0.1) is 5.41 Å². The number of piperidine rings is 1. The van der Waals surface area contributed by atoms with Crippen molar-refractivity contribution >= 4 is 23.7 Å². The summed E-state index contributed by atoms with van der Waals surface area (Å²) in [6, 6.07) is 0. The summed E-state index contributed by atoms with van der Waals surface area (Å²) in [4.78, 5) is 8.58. The van der Waals surface area contributed by atoms with Crippen molar-refractivity contribution in [2.24, 2.45) is 5.41 Å². The number of rotatable bonds is 3. The van der Waals surface area contributed by atoms with E-state index in [-0.39, 0.29) is 12.4 Å². The maximum Gasteiger partial charge on any atom is 0.107 e. The highest BCUT2D eigenvalue weighted by Crippen LogP contribution is 2.39. The van der Waals surface area contributed by atoms with E-state index < -0.39 is 0 Å². The monoisotopic (exact) mass is 301 g/mol. The molecule has 2 fully saturated rings. The molecule has 5 heteroatoms. The fourth-order valence-electron chi connectivity index (χ4n) is 3.30. The van der Waals surface area contributed by atoms with Crippen LogP contribution in [0.25, 0.3) is 0 Å². The molecule has 2 saturated heterocycles. The third-order valence-corrected chi connectivity index (χ3v) is 5.62. The molecule has 1 N–H and O–H groups in total. The molecule has 108 valence electrons. The van der Waals surface area contributed by atoms with Gasteiger partial charge in [-0.1, -0.05) is 6.92 Å². The number of nitrogens with one attached hydrogen (secondary N) is 1. The molecule has 0 unspecified atom stereocenters. The van der Waals surface area contributed by atoms with E-state index in [4.69, 9.17) is 0 Å². The average molecular weight is 302 g/mol. The van der Waals surface area contributed by atoms with E-state index in [1.807, 2.05) is 11.3 Å². The molecule has 19 heavy (non-hydrogen) atoms. The molecule has 0 amide bonds. The minimum absolute atomic E-state index is 0. The molecular weight excluding hydrogens is 278 g/mol. The van der Waals surface area contributed by atoms with Crippen molar-refractivity contribution in [3.05, 3.63) is 16.1 Å². The van der Waals surface area contributed by atoms with E-state index in [0.717, 1.165) is 13.0 Å². The van der Waals surface area contributed by atoms with Gasteiger partial charge in [-0.05, 0) is 50.7 Å². The second-order valence-corrected chi connectivity index (χ2v) is 6.98. The maximum atomic E-state index is 4.55. The fraction of sp³-hybridized carbons (Fsp3) is 0.786. The Kier molecular flexibility index (Phi) is 5.23. The first-order valence-corrected chi connectivity index (χ1v) is 7.98. The van der Waals surface area contributed by atoms with Crippen LogP contribution in [0.1, 0.15) is 36.1 Å². The van der Waals surface area contributed by atoms with Crippen LogP contribution in [0.4, 0.5) is 0 Å². The van der Waals surface area contributed by atoms with Crippen molar-refractivity contribution in [2.45, 2.75) is 39.2 Å². The van der Waals surface area contributed by atoms with Crippen LogP contribution < -0.4 is 5.32 Å². The summed E-state index contributed by atoms with van der Waals surface area (Å²) in [5, 5.41) is 4.79. The molecule has 1 spiro atoms. The molecule has 3 heterocycles. The van der Waals surface area contributed by atoms with Gasteiger partial charge in [0.25, 0.3) is 0 Å². The first-order chi connectivity index (χ1) is 8.80. The van der Waals surface area contributed by atoms with E-state index in [9.17, 15) is 0 Å². The van der Waals surface area contributed by atoms with Gasteiger partial charge in [-0.25, -0.2) is 4.98 Å². The molecule has 3 rings (SSSR count). The lowest BCUT2D eigenvalue weighted by Crippen LogP contribution is -2.38. The van der Waals surface area contributed by atoms with Crippen LogP contribution in [0.15, 0.2) is 6.20 Å². The Hall–Kier alpha value is -0.160. The first kappa shape index (κ1) is 15.2. The van der Waals surface area contributed by atoms with Crippen LogP contribution in [0.3, 0.4) is 0 Å². The number of likely N-dealkylation sites (tertiary alicyclic amines) is 1. The maximum absolute atomic E-state index is 4.55. The Morgan fingerprint density at radius 3 is 2.84 bits per heavy atom. The predicted molar refractivity (Wildman–Crippen MR) is 83.2 cm³/mol. The summed E-state index contributed by atoms with van der Waals surface area (Å²) >= 11 is 1.89. The van der Waals surface area contributed by atoms with Crippen LogP contribution in [-0.4, -0.2) is 36.1 Å². The highest BCUT2D eigenvalue weighted by atomic mass is 35.5. The van der Waals surface area contributed by atoms with E-state index in [2.05, 4.69) is 28.3 Å². The van der Waals surface area contributed by atoms with Gasteiger partial charge in [0.2, 0.25) is 0 Å². The molecule has 2 aliphatic heterocycles. The molecule has 0 aliphatic carbocycles. The van der Waals surface area contributed by atoms with E-state index in [0.29, 0.717) is 5.41 Å². The zero-order chi connectivity index (χ0) is 12.4. The minimum atomic E-state index is 0. The summed E-state index contributed by atoms with van der Waals surface area (Å²) < 4.78 is 0. The Balaban J connectivity index is 0.00000133. The van der Waals surface area contributed by atoms with Crippen molar-refractivity contribution in [2.75, 3.05) is 26.2 Å². The van der Waals surface area contributed by atoms with Crippen molar-refractivity contribution in [1.29, 1.82) is 0 Å². The number of hydrogen-bond acceptors (Lipinski definition) is 4. The number of aromatic nitrogens is 1. The summed E-state index contributed by atoms with van der Waals surface area (Å²) in [6.07, 6.45) is 7.29. The van der Waals surface area contributed by atoms with Crippen molar-refractivity contribution in [3.8, 4) is 0 Å². The zero-order valence-corrected chi connectivity index (χ0v) is 13.3. The molecule has 0 bridgehead atoms. The Bertz CT molecular complexity index is 401. The Morgan fingerprint density at radius 2 is 2.16 bits per heavy atom. The third-order valence-electron chi connectivity index (χ3n) is 4.49. The quantitative estimate of drug-likeness (QED) is 0.930. The largest absolute Gasteiger partial charge is 0.317 e. The molecule has 0 saturated carbocycles. The van der Waals surface area contributed by atoms with Crippen molar-refractivity contribution in [1.82, 2.24) is 15.2 Å². The number of aryl methyl sites for hydroxylation is 1. The van der Waals surface area contributed by atoms with E-state index in [1.54, 1.807) is 0 Å².